The van der Waals surface area contributed by atoms with Crippen LogP contribution in [0.15, 0.2) is 73.3 Å². The lowest BCUT2D eigenvalue weighted by Gasteiger charge is -2.32. The molecule has 0 saturated carbocycles. The van der Waals surface area contributed by atoms with Crippen molar-refractivity contribution in [3.8, 4) is 11.1 Å². The second-order valence-electron chi connectivity index (χ2n) is 7.30. The number of hydrogen-bond donors (Lipinski definition) is 0. The van der Waals surface area contributed by atoms with Gasteiger partial charge in [-0.05, 0) is 41.8 Å². The molecule has 0 radical (unpaired) electrons. The average Bonchev–Trinajstić information content (AvgIpc) is 3.06. The van der Waals surface area contributed by atoms with E-state index in [0.717, 1.165) is 10.2 Å². The minimum atomic E-state index is 1.04. The maximum Gasteiger partial charge on any atom is 0.0488 e. The molecule has 4 aromatic rings. The van der Waals surface area contributed by atoms with E-state index in [4.69, 9.17) is 0 Å². The highest BCUT2D eigenvalue weighted by Crippen LogP contribution is 2.43. The van der Waals surface area contributed by atoms with Crippen LogP contribution in [0.3, 0.4) is 0 Å². The van der Waals surface area contributed by atoms with Gasteiger partial charge >= 0.3 is 0 Å². The van der Waals surface area contributed by atoms with Crippen molar-refractivity contribution < 1.29 is 0 Å². The summed E-state index contributed by atoms with van der Waals surface area (Å²) in [4.78, 5) is 2.18. The van der Waals surface area contributed by atoms with E-state index in [1.165, 1.54) is 48.8 Å². The van der Waals surface area contributed by atoms with Gasteiger partial charge in [0.15, 0.2) is 0 Å². The first-order valence-electron chi connectivity index (χ1n) is 9.40. The maximum atomic E-state index is 4.33. The topological polar surface area (TPSA) is 3.24 Å². The number of rotatable bonds is 1. The van der Waals surface area contributed by atoms with Crippen molar-refractivity contribution in [2.24, 2.45) is 0 Å². The quantitative estimate of drug-likeness (QED) is 0.415. The maximum absolute atomic E-state index is 4.33. The molecule has 28 heavy (non-hydrogen) atoms. The standard InChI is InChI=1S/C26H21NS/c1-16(26-18(3)28-25-12-8-7-11-22(25)26)19-13-14-24-23(15-19)21-10-6-5-9-20(21)17(2)27(24)4/h5-15H,2-3H2,1,4H3/b26-16-. The molecule has 0 atom stereocenters. The highest BCUT2D eigenvalue weighted by atomic mass is 32.1. The molecule has 0 bridgehead atoms. The first-order valence-corrected chi connectivity index (χ1v) is 10.2. The Balaban J connectivity index is 1.80. The molecule has 1 aliphatic heterocycles. The fourth-order valence-electron chi connectivity index (χ4n) is 4.22. The molecule has 1 aliphatic rings. The van der Waals surface area contributed by atoms with Crippen LogP contribution in [0.5, 0.6) is 0 Å². The second-order valence-corrected chi connectivity index (χ2v) is 8.44. The molecule has 0 amide bonds. The lowest BCUT2D eigenvalue weighted by Crippen LogP contribution is -2.21. The molecule has 0 saturated heterocycles. The van der Waals surface area contributed by atoms with Crippen LogP contribution in [-0.4, -0.2) is 7.05 Å². The zero-order valence-corrected chi connectivity index (χ0v) is 16.9. The molecule has 0 spiro atoms. The van der Waals surface area contributed by atoms with Crippen LogP contribution in [0.1, 0.15) is 18.1 Å². The first kappa shape index (κ1) is 17.0. The lowest BCUT2D eigenvalue weighted by molar-refractivity contribution is 1.20. The summed E-state index contributed by atoms with van der Waals surface area (Å²) >= 11 is 1.77. The Bertz CT molecular complexity index is 1370. The number of hydrogen-bond acceptors (Lipinski definition) is 2. The van der Waals surface area contributed by atoms with Gasteiger partial charge < -0.3 is 4.90 Å². The predicted molar refractivity (Wildman–Crippen MR) is 124 cm³/mol. The molecule has 0 aliphatic carbocycles. The zero-order valence-electron chi connectivity index (χ0n) is 16.1. The summed E-state index contributed by atoms with van der Waals surface area (Å²) < 4.78 is 2.42. The van der Waals surface area contributed by atoms with Gasteiger partial charge in [-0.3, -0.25) is 0 Å². The van der Waals surface area contributed by atoms with Gasteiger partial charge in [0, 0.05) is 49.4 Å². The second kappa shape index (κ2) is 6.22. The normalized spacial score (nSPS) is 14.1. The van der Waals surface area contributed by atoms with Crippen LogP contribution in [0.25, 0.3) is 39.1 Å². The van der Waals surface area contributed by atoms with Gasteiger partial charge in [0.05, 0.1) is 0 Å². The monoisotopic (exact) mass is 379 g/mol. The van der Waals surface area contributed by atoms with Crippen molar-refractivity contribution in [1.82, 2.24) is 0 Å². The summed E-state index contributed by atoms with van der Waals surface area (Å²) in [6.07, 6.45) is 0. The van der Waals surface area contributed by atoms with E-state index < -0.39 is 0 Å². The third-order valence-corrected chi connectivity index (χ3v) is 6.79. The van der Waals surface area contributed by atoms with Crippen molar-refractivity contribution in [3.63, 3.8) is 0 Å². The molecule has 5 rings (SSSR count). The van der Waals surface area contributed by atoms with E-state index in [0.29, 0.717) is 0 Å². The molecule has 3 aromatic carbocycles. The molecule has 1 aromatic heterocycles. The number of thiophene rings is 1. The van der Waals surface area contributed by atoms with E-state index in [-0.39, 0.29) is 0 Å². The van der Waals surface area contributed by atoms with Crippen LogP contribution in [0.4, 0.5) is 5.69 Å². The van der Waals surface area contributed by atoms with Gasteiger partial charge in [-0.1, -0.05) is 61.7 Å². The van der Waals surface area contributed by atoms with E-state index in [1.807, 2.05) is 0 Å². The Morgan fingerprint density at radius 3 is 2.39 bits per heavy atom. The lowest BCUT2D eigenvalue weighted by atomic mass is 9.89. The Hall–Kier alpha value is -3.10. The Kier molecular flexibility index (Phi) is 3.78. The number of anilines is 1. The van der Waals surface area contributed by atoms with Gasteiger partial charge in [-0.15, -0.1) is 11.3 Å². The largest absolute Gasteiger partial charge is 0.344 e. The van der Waals surface area contributed by atoms with E-state index in [9.17, 15) is 0 Å². The van der Waals surface area contributed by atoms with Gasteiger partial charge in [0.2, 0.25) is 0 Å². The highest BCUT2D eigenvalue weighted by Gasteiger charge is 2.22. The van der Waals surface area contributed by atoms with Crippen LogP contribution < -0.4 is 14.7 Å². The summed E-state index contributed by atoms with van der Waals surface area (Å²) in [5.74, 6) is 0. The fourth-order valence-corrected chi connectivity index (χ4v) is 5.28. The van der Waals surface area contributed by atoms with Gasteiger partial charge in [0.25, 0.3) is 0 Å². The summed E-state index contributed by atoms with van der Waals surface area (Å²) in [6, 6.07) is 23.9. The minimum Gasteiger partial charge on any atom is -0.344 e. The van der Waals surface area contributed by atoms with Crippen molar-refractivity contribution in [1.29, 1.82) is 0 Å². The van der Waals surface area contributed by atoms with Gasteiger partial charge in [-0.25, -0.2) is 0 Å². The molecular formula is C26H21NS. The molecular weight excluding hydrogens is 358 g/mol. The smallest absolute Gasteiger partial charge is 0.0488 e. The minimum absolute atomic E-state index is 1.04. The molecule has 1 nitrogen and oxygen atoms in total. The third kappa shape index (κ3) is 2.38. The van der Waals surface area contributed by atoms with Gasteiger partial charge in [-0.2, -0.15) is 0 Å². The molecule has 0 fully saturated rings. The Morgan fingerprint density at radius 2 is 1.57 bits per heavy atom. The number of nitrogens with zero attached hydrogens (tertiary/aromatic N) is 1. The molecule has 0 unspecified atom stereocenters. The van der Waals surface area contributed by atoms with Crippen LogP contribution in [0.2, 0.25) is 0 Å². The highest BCUT2D eigenvalue weighted by molar-refractivity contribution is 7.17. The van der Waals surface area contributed by atoms with Crippen LogP contribution in [-0.2, 0) is 0 Å². The van der Waals surface area contributed by atoms with Crippen molar-refractivity contribution >= 4 is 45.0 Å². The summed E-state index contributed by atoms with van der Waals surface area (Å²) in [6.45, 7) is 10.8. The van der Waals surface area contributed by atoms with Crippen LogP contribution >= 0.6 is 11.3 Å². The Morgan fingerprint density at radius 1 is 0.857 bits per heavy atom. The SMILES string of the molecule is C=C1c2ccccc2-c2cc(/C(C)=c3/c(=C)sc4ccccc34)ccc2N1C. The molecule has 0 N–H and O–H groups in total. The van der Waals surface area contributed by atoms with E-state index in [1.54, 1.807) is 11.3 Å². The Labute approximate surface area is 169 Å². The molecule has 2 heteroatoms. The molecule has 2 heterocycles. The molecule has 136 valence electrons. The van der Waals surface area contributed by atoms with E-state index in [2.05, 4.69) is 98.8 Å². The average molecular weight is 380 g/mol. The van der Waals surface area contributed by atoms with Crippen molar-refractivity contribution in [2.75, 3.05) is 11.9 Å². The van der Waals surface area contributed by atoms with Crippen molar-refractivity contribution in [2.45, 2.75) is 6.92 Å². The summed E-state index contributed by atoms with van der Waals surface area (Å²) in [7, 11) is 2.09. The fraction of sp³-hybridized carbons (Fsp3) is 0.0769. The van der Waals surface area contributed by atoms with E-state index >= 15 is 0 Å². The van der Waals surface area contributed by atoms with Gasteiger partial charge in [0.1, 0.15) is 0 Å². The number of fused-ring (bicyclic) bond motifs is 4. The summed E-state index contributed by atoms with van der Waals surface area (Å²) in [5.41, 5.74) is 8.46. The third-order valence-electron chi connectivity index (χ3n) is 5.77. The zero-order chi connectivity index (χ0) is 19.4. The number of benzene rings is 3. The first-order chi connectivity index (χ1) is 13.6. The van der Waals surface area contributed by atoms with Crippen LogP contribution in [0, 0.1) is 0 Å². The van der Waals surface area contributed by atoms with Crippen molar-refractivity contribution in [3.05, 3.63) is 94.2 Å². The predicted octanol–water partition coefficient (Wildman–Crippen LogP) is 5.62. The summed E-state index contributed by atoms with van der Waals surface area (Å²) in [5, 5.41) is 2.56.